The number of nitrogens with zero attached hydrogens (tertiary/aromatic N) is 1. The maximum absolute atomic E-state index is 12.0. The second-order valence-corrected chi connectivity index (χ2v) is 5.64. The molecular formula is C19H20N2O5. The lowest BCUT2D eigenvalue weighted by Crippen LogP contribution is -2.21. The van der Waals surface area contributed by atoms with Crippen molar-refractivity contribution >= 4 is 29.2 Å². The summed E-state index contributed by atoms with van der Waals surface area (Å²) in [6, 6.07) is 13.1. The first-order chi connectivity index (χ1) is 12.4. The second-order valence-electron chi connectivity index (χ2n) is 5.64. The highest BCUT2D eigenvalue weighted by Gasteiger charge is 2.13. The summed E-state index contributed by atoms with van der Waals surface area (Å²) in [5.41, 5.74) is 1.99. The Labute approximate surface area is 151 Å². The van der Waals surface area contributed by atoms with Gasteiger partial charge in [0.15, 0.2) is 6.61 Å². The molecule has 0 aliphatic heterocycles. The summed E-state index contributed by atoms with van der Waals surface area (Å²) in [6.45, 7) is -0.434. The van der Waals surface area contributed by atoms with E-state index in [9.17, 15) is 14.4 Å². The van der Waals surface area contributed by atoms with Crippen LogP contribution in [-0.4, -0.2) is 45.7 Å². The average Bonchev–Trinajstić information content (AvgIpc) is 2.66. The van der Waals surface area contributed by atoms with Crippen molar-refractivity contribution in [1.82, 2.24) is 0 Å². The fraction of sp³-hybridized carbons (Fsp3) is 0.211. The number of amides is 1. The van der Waals surface area contributed by atoms with E-state index in [4.69, 9.17) is 4.74 Å². The lowest BCUT2D eigenvalue weighted by Gasteiger charge is -2.13. The van der Waals surface area contributed by atoms with Crippen LogP contribution in [0.5, 0.6) is 0 Å². The van der Waals surface area contributed by atoms with Gasteiger partial charge in [0.25, 0.3) is 5.91 Å². The monoisotopic (exact) mass is 356 g/mol. The predicted molar refractivity (Wildman–Crippen MR) is 97.5 cm³/mol. The summed E-state index contributed by atoms with van der Waals surface area (Å²) < 4.78 is 9.58. The fourth-order valence-corrected chi connectivity index (χ4v) is 2.15. The Balaban J connectivity index is 1.90. The minimum atomic E-state index is -0.700. The van der Waals surface area contributed by atoms with E-state index in [0.717, 1.165) is 5.69 Å². The van der Waals surface area contributed by atoms with Crippen molar-refractivity contribution < 1.29 is 23.9 Å². The first kappa shape index (κ1) is 19.0. The molecule has 0 fully saturated rings. The summed E-state index contributed by atoms with van der Waals surface area (Å²) in [5.74, 6) is -1.72. The number of methoxy groups -OCH3 is 1. The first-order valence-electron chi connectivity index (χ1n) is 7.83. The molecule has 136 valence electrons. The van der Waals surface area contributed by atoms with Gasteiger partial charge in [-0.05, 0) is 42.5 Å². The average molecular weight is 356 g/mol. The number of rotatable bonds is 6. The van der Waals surface area contributed by atoms with Gasteiger partial charge in [-0.2, -0.15) is 0 Å². The Morgan fingerprint density at radius 2 is 1.58 bits per heavy atom. The number of esters is 2. The highest BCUT2D eigenvalue weighted by atomic mass is 16.5. The number of carbonyl (C=O) groups is 3. The lowest BCUT2D eigenvalue weighted by molar-refractivity contribution is -0.119. The van der Waals surface area contributed by atoms with Gasteiger partial charge in [-0.3, -0.25) is 4.79 Å². The van der Waals surface area contributed by atoms with Gasteiger partial charge in [-0.15, -0.1) is 0 Å². The van der Waals surface area contributed by atoms with Crippen LogP contribution in [-0.2, 0) is 14.3 Å². The minimum absolute atomic E-state index is 0.163. The van der Waals surface area contributed by atoms with Gasteiger partial charge in [0.1, 0.15) is 0 Å². The van der Waals surface area contributed by atoms with Crippen LogP contribution in [0.2, 0.25) is 0 Å². The van der Waals surface area contributed by atoms with E-state index in [0.29, 0.717) is 5.69 Å². The molecule has 1 N–H and O–H groups in total. The minimum Gasteiger partial charge on any atom is -0.465 e. The molecule has 0 heterocycles. The van der Waals surface area contributed by atoms with Crippen LogP contribution in [0.25, 0.3) is 0 Å². The molecule has 7 heteroatoms. The molecule has 0 saturated carbocycles. The molecule has 1 amide bonds. The van der Waals surface area contributed by atoms with Crippen molar-refractivity contribution in [2.24, 2.45) is 0 Å². The van der Waals surface area contributed by atoms with Crippen molar-refractivity contribution in [3.05, 3.63) is 59.7 Å². The maximum Gasteiger partial charge on any atom is 0.338 e. The second kappa shape index (κ2) is 8.66. The molecule has 0 bridgehead atoms. The number of carbonyl (C=O) groups excluding carboxylic acids is 3. The Kier molecular flexibility index (Phi) is 6.32. The summed E-state index contributed by atoms with van der Waals surface area (Å²) in [6.07, 6.45) is 0. The SMILES string of the molecule is COC(=O)c1cccc(C(=O)OCC(=O)Nc2ccc(N(C)C)cc2)c1. The Bertz CT molecular complexity index is 800. The topological polar surface area (TPSA) is 84.9 Å². The van der Waals surface area contributed by atoms with Crippen LogP contribution in [0.1, 0.15) is 20.7 Å². The Morgan fingerprint density at radius 3 is 2.15 bits per heavy atom. The van der Waals surface area contributed by atoms with Crippen LogP contribution < -0.4 is 10.2 Å². The maximum atomic E-state index is 12.0. The zero-order valence-corrected chi connectivity index (χ0v) is 14.8. The Morgan fingerprint density at radius 1 is 0.962 bits per heavy atom. The molecule has 0 aliphatic carbocycles. The molecular weight excluding hydrogens is 336 g/mol. The van der Waals surface area contributed by atoms with Gasteiger partial charge in [-0.1, -0.05) is 6.07 Å². The summed E-state index contributed by atoms with van der Waals surface area (Å²) >= 11 is 0. The number of nitrogens with one attached hydrogen (secondary N) is 1. The summed E-state index contributed by atoms with van der Waals surface area (Å²) in [5, 5.41) is 2.64. The molecule has 26 heavy (non-hydrogen) atoms. The number of ether oxygens (including phenoxy) is 2. The zero-order chi connectivity index (χ0) is 19.1. The molecule has 0 unspecified atom stereocenters. The van der Waals surface area contributed by atoms with Crippen molar-refractivity contribution in [1.29, 1.82) is 0 Å². The summed E-state index contributed by atoms with van der Waals surface area (Å²) in [4.78, 5) is 37.4. The number of benzene rings is 2. The van der Waals surface area contributed by atoms with Gasteiger partial charge in [0, 0.05) is 25.5 Å². The smallest absolute Gasteiger partial charge is 0.338 e. The molecule has 0 aliphatic rings. The molecule has 2 aromatic rings. The van der Waals surface area contributed by atoms with E-state index in [1.54, 1.807) is 12.1 Å². The van der Waals surface area contributed by atoms with Crippen molar-refractivity contribution in [3.8, 4) is 0 Å². The molecule has 2 rings (SSSR count). The largest absolute Gasteiger partial charge is 0.465 e. The van der Waals surface area contributed by atoms with E-state index in [2.05, 4.69) is 10.1 Å². The molecule has 0 atom stereocenters. The van der Waals surface area contributed by atoms with E-state index in [1.807, 2.05) is 31.1 Å². The van der Waals surface area contributed by atoms with Crippen LogP contribution in [0, 0.1) is 0 Å². The number of hydrogen-bond acceptors (Lipinski definition) is 6. The third kappa shape index (κ3) is 5.07. The molecule has 2 aromatic carbocycles. The lowest BCUT2D eigenvalue weighted by atomic mass is 10.1. The van der Waals surface area contributed by atoms with Gasteiger partial charge in [-0.25, -0.2) is 9.59 Å². The summed E-state index contributed by atoms with van der Waals surface area (Å²) in [7, 11) is 5.09. The van der Waals surface area contributed by atoms with E-state index in [-0.39, 0.29) is 11.1 Å². The highest BCUT2D eigenvalue weighted by molar-refractivity contribution is 5.97. The van der Waals surface area contributed by atoms with Gasteiger partial charge < -0.3 is 19.7 Å². The van der Waals surface area contributed by atoms with Crippen LogP contribution in [0.4, 0.5) is 11.4 Å². The third-order valence-corrected chi connectivity index (χ3v) is 3.52. The van der Waals surface area contributed by atoms with E-state index in [1.165, 1.54) is 31.4 Å². The molecule has 0 aromatic heterocycles. The van der Waals surface area contributed by atoms with Gasteiger partial charge >= 0.3 is 11.9 Å². The normalized spacial score (nSPS) is 9.96. The molecule has 0 saturated heterocycles. The van der Waals surface area contributed by atoms with Gasteiger partial charge in [0.05, 0.1) is 18.2 Å². The van der Waals surface area contributed by atoms with Crippen LogP contribution in [0.3, 0.4) is 0 Å². The fourth-order valence-electron chi connectivity index (χ4n) is 2.15. The molecule has 7 nitrogen and oxygen atoms in total. The molecule has 0 radical (unpaired) electrons. The third-order valence-electron chi connectivity index (χ3n) is 3.52. The van der Waals surface area contributed by atoms with Crippen LogP contribution in [0.15, 0.2) is 48.5 Å². The Hall–Kier alpha value is -3.35. The number of hydrogen-bond donors (Lipinski definition) is 1. The van der Waals surface area contributed by atoms with Crippen LogP contribution >= 0.6 is 0 Å². The number of anilines is 2. The highest BCUT2D eigenvalue weighted by Crippen LogP contribution is 2.15. The van der Waals surface area contributed by atoms with Crippen molar-refractivity contribution in [3.63, 3.8) is 0 Å². The van der Waals surface area contributed by atoms with Crippen molar-refractivity contribution in [2.45, 2.75) is 0 Å². The predicted octanol–water partition coefficient (Wildman–Crippen LogP) is 2.33. The van der Waals surface area contributed by atoms with Crippen molar-refractivity contribution in [2.75, 3.05) is 38.0 Å². The quantitative estimate of drug-likeness (QED) is 0.800. The molecule has 0 spiro atoms. The van der Waals surface area contributed by atoms with E-state index < -0.39 is 24.5 Å². The zero-order valence-electron chi connectivity index (χ0n) is 14.8. The first-order valence-corrected chi connectivity index (χ1v) is 7.83. The van der Waals surface area contributed by atoms with E-state index >= 15 is 0 Å². The van der Waals surface area contributed by atoms with Gasteiger partial charge in [0.2, 0.25) is 0 Å². The standard InChI is InChI=1S/C19H20N2O5/c1-21(2)16-9-7-15(8-10-16)20-17(22)12-26-19(24)14-6-4-5-13(11-14)18(23)25-3/h4-11H,12H2,1-3H3,(H,20,22).